The van der Waals surface area contributed by atoms with E-state index < -0.39 is 0 Å². The van der Waals surface area contributed by atoms with Crippen molar-refractivity contribution < 1.29 is 66.4 Å². The van der Waals surface area contributed by atoms with E-state index in [4.69, 9.17) is 61.6 Å². The van der Waals surface area contributed by atoms with Crippen molar-refractivity contribution in [2.45, 2.75) is 117 Å². The van der Waals surface area contributed by atoms with Crippen LogP contribution in [0.2, 0.25) is 0 Å². The SMILES string of the molecule is CCCCCCCCCCCCCCCC(=O)OCCOCCOCCOCCOCCOCCOCCOCCOCCOCCOCCOCCOC(C)C. The predicted octanol–water partition coefficient (Wildman–Crippen LogP) is 6.62. The Morgan fingerprint density at radius 1 is 0.316 bits per heavy atom. The predicted molar refractivity (Wildman–Crippen MR) is 221 cm³/mol. The Bertz CT molecular complexity index is 749. The van der Waals surface area contributed by atoms with Gasteiger partial charge in [0.1, 0.15) is 6.61 Å². The molecule has 0 atom stereocenters. The van der Waals surface area contributed by atoms with Crippen molar-refractivity contribution in [3.8, 4) is 0 Å². The van der Waals surface area contributed by atoms with Crippen LogP contribution in [0.3, 0.4) is 0 Å². The Morgan fingerprint density at radius 2 is 0.544 bits per heavy atom. The summed E-state index contributed by atoms with van der Waals surface area (Å²) in [5.41, 5.74) is 0. The number of hydrogen-bond donors (Lipinski definition) is 0. The van der Waals surface area contributed by atoms with Gasteiger partial charge in [0.25, 0.3) is 0 Å². The molecule has 0 radical (unpaired) electrons. The number of carbonyl (C=O) groups excluding carboxylic acids is 1. The number of unbranched alkanes of at least 4 members (excludes halogenated alkanes) is 12. The van der Waals surface area contributed by atoms with Crippen LogP contribution >= 0.6 is 0 Å². The summed E-state index contributed by atoms with van der Waals surface area (Å²) in [4.78, 5) is 11.9. The van der Waals surface area contributed by atoms with Crippen molar-refractivity contribution in [1.29, 1.82) is 0 Å². The molecule has 0 unspecified atom stereocenters. The first kappa shape index (κ1) is 56.0. The zero-order valence-corrected chi connectivity index (χ0v) is 36.7. The smallest absolute Gasteiger partial charge is 0.305 e. The molecule has 0 amide bonds. The highest BCUT2D eigenvalue weighted by molar-refractivity contribution is 5.69. The van der Waals surface area contributed by atoms with E-state index >= 15 is 0 Å². The summed E-state index contributed by atoms with van der Waals surface area (Å²) in [6.07, 6.45) is 17.5. The Morgan fingerprint density at radius 3 is 0.807 bits per heavy atom. The van der Waals surface area contributed by atoms with Gasteiger partial charge < -0.3 is 61.6 Å². The molecule has 0 aliphatic carbocycles. The normalized spacial score (nSPS) is 11.6. The molecule has 342 valence electrons. The van der Waals surface area contributed by atoms with Gasteiger partial charge in [0, 0.05) is 6.42 Å². The van der Waals surface area contributed by atoms with Crippen molar-refractivity contribution in [2.75, 3.05) is 159 Å². The van der Waals surface area contributed by atoms with E-state index in [-0.39, 0.29) is 18.7 Å². The molecule has 14 nitrogen and oxygen atoms in total. The van der Waals surface area contributed by atoms with Crippen LogP contribution in [-0.4, -0.2) is 171 Å². The standard InChI is InChI=1S/C43H86O14/c1-4-5-6-7-8-9-10-11-12-13-14-15-16-17-43(44)57-41-39-55-37-35-53-33-31-51-29-27-49-25-23-47-21-19-45-18-20-46-22-24-48-26-28-50-30-32-52-34-36-54-38-40-56-42(2)3/h42H,4-41H2,1-3H3. The lowest BCUT2D eigenvalue weighted by Crippen LogP contribution is -2.16. The lowest BCUT2D eigenvalue weighted by Gasteiger charge is -2.09. The summed E-state index contributed by atoms with van der Waals surface area (Å²) < 4.78 is 71.0. The van der Waals surface area contributed by atoms with Crippen molar-refractivity contribution in [1.82, 2.24) is 0 Å². The number of hydrogen-bond acceptors (Lipinski definition) is 14. The molecule has 0 N–H and O–H groups in total. The summed E-state index contributed by atoms with van der Waals surface area (Å²) in [7, 11) is 0. The highest BCUT2D eigenvalue weighted by Gasteiger charge is 2.03. The molecule has 0 bridgehead atoms. The fraction of sp³-hybridized carbons (Fsp3) is 0.977. The minimum absolute atomic E-state index is 0.132. The van der Waals surface area contributed by atoms with E-state index in [2.05, 4.69) is 6.92 Å². The molecule has 0 saturated heterocycles. The molecule has 0 aliphatic rings. The first-order valence-electron chi connectivity index (χ1n) is 22.3. The largest absolute Gasteiger partial charge is 0.463 e. The van der Waals surface area contributed by atoms with E-state index in [0.29, 0.717) is 158 Å². The molecule has 0 aromatic rings. The number of carbonyl (C=O) groups is 1. The molecule has 0 spiro atoms. The molecule has 14 heteroatoms. The van der Waals surface area contributed by atoms with Crippen LogP contribution in [0.5, 0.6) is 0 Å². The monoisotopic (exact) mass is 827 g/mol. The van der Waals surface area contributed by atoms with Crippen LogP contribution in [0.1, 0.15) is 111 Å². The molecule has 57 heavy (non-hydrogen) atoms. The Labute approximate surface area is 347 Å². The summed E-state index contributed by atoms with van der Waals surface area (Å²) in [5.74, 6) is -0.132. The van der Waals surface area contributed by atoms with Gasteiger partial charge in [0.05, 0.1) is 158 Å². The lowest BCUT2D eigenvalue weighted by molar-refractivity contribution is -0.145. The van der Waals surface area contributed by atoms with Crippen molar-refractivity contribution in [3.05, 3.63) is 0 Å². The first-order valence-corrected chi connectivity index (χ1v) is 22.3. The van der Waals surface area contributed by atoms with Gasteiger partial charge in [-0.25, -0.2) is 0 Å². The van der Waals surface area contributed by atoms with E-state index in [0.717, 1.165) is 12.8 Å². The number of ether oxygens (including phenoxy) is 13. The second-order valence-electron chi connectivity index (χ2n) is 13.9. The highest BCUT2D eigenvalue weighted by atomic mass is 16.6. The van der Waals surface area contributed by atoms with Crippen LogP contribution in [0, 0.1) is 0 Å². The maximum Gasteiger partial charge on any atom is 0.305 e. The zero-order chi connectivity index (χ0) is 41.2. The number of esters is 1. The topological polar surface area (TPSA) is 137 Å². The minimum atomic E-state index is -0.132. The van der Waals surface area contributed by atoms with Gasteiger partial charge in [-0.2, -0.15) is 0 Å². The second kappa shape index (κ2) is 51.1. The van der Waals surface area contributed by atoms with Crippen molar-refractivity contribution >= 4 is 5.97 Å². The Balaban J connectivity index is 3.12. The maximum absolute atomic E-state index is 11.9. The first-order chi connectivity index (χ1) is 28.2. The van der Waals surface area contributed by atoms with Crippen molar-refractivity contribution in [3.63, 3.8) is 0 Å². The minimum Gasteiger partial charge on any atom is -0.463 e. The highest BCUT2D eigenvalue weighted by Crippen LogP contribution is 2.13. The average molecular weight is 827 g/mol. The van der Waals surface area contributed by atoms with Gasteiger partial charge >= 0.3 is 5.97 Å². The van der Waals surface area contributed by atoms with E-state index in [9.17, 15) is 4.79 Å². The average Bonchev–Trinajstić information content (AvgIpc) is 3.20. The zero-order valence-electron chi connectivity index (χ0n) is 36.7. The molecular weight excluding hydrogens is 740 g/mol. The lowest BCUT2D eigenvalue weighted by atomic mass is 10.0. The van der Waals surface area contributed by atoms with E-state index in [1.807, 2.05) is 13.8 Å². The molecule has 0 saturated carbocycles. The van der Waals surface area contributed by atoms with E-state index in [1.54, 1.807) is 0 Å². The fourth-order valence-electron chi connectivity index (χ4n) is 5.22. The summed E-state index contributed by atoms with van der Waals surface area (Å²) in [5, 5.41) is 0. The quantitative estimate of drug-likeness (QED) is 0.0480. The van der Waals surface area contributed by atoms with Gasteiger partial charge in [-0.15, -0.1) is 0 Å². The summed E-state index contributed by atoms with van der Waals surface area (Å²) in [6.45, 7) is 18.2. The summed E-state index contributed by atoms with van der Waals surface area (Å²) in [6, 6.07) is 0. The Kier molecular flexibility index (Phi) is 50.2. The Hall–Kier alpha value is -1.01. The van der Waals surface area contributed by atoms with Gasteiger partial charge in [0.2, 0.25) is 0 Å². The van der Waals surface area contributed by atoms with Gasteiger partial charge in [-0.05, 0) is 20.3 Å². The molecule has 0 aliphatic heterocycles. The number of rotatable bonds is 51. The molecule has 0 rings (SSSR count). The molecule has 0 fully saturated rings. The van der Waals surface area contributed by atoms with Gasteiger partial charge in [-0.1, -0.05) is 84.0 Å². The molecular formula is C43H86O14. The third kappa shape index (κ3) is 53.0. The van der Waals surface area contributed by atoms with Crippen LogP contribution < -0.4 is 0 Å². The maximum atomic E-state index is 11.9. The van der Waals surface area contributed by atoms with Gasteiger partial charge in [-0.3, -0.25) is 4.79 Å². The van der Waals surface area contributed by atoms with Crippen LogP contribution in [0.4, 0.5) is 0 Å². The third-order valence-corrected chi connectivity index (χ3v) is 8.37. The molecule has 0 aromatic heterocycles. The van der Waals surface area contributed by atoms with E-state index in [1.165, 1.54) is 70.6 Å². The van der Waals surface area contributed by atoms with Crippen LogP contribution in [-0.2, 0) is 66.4 Å². The summed E-state index contributed by atoms with van der Waals surface area (Å²) >= 11 is 0. The molecule has 0 heterocycles. The van der Waals surface area contributed by atoms with Crippen LogP contribution in [0.25, 0.3) is 0 Å². The third-order valence-electron chi connectivity index (χ3n) is 8.37. The molecule has 0 aromatic carbocycles. The van der Waals surface area contributed by atoms with Crippen molar-refractivity contribution in [2.24, 2.45) is 0 Å². The van der Waals surface area contributed by atoms with Gasteiger partial charge in [0.15, 0.2) is 0 Å². The second-order valence-corrected chi connectivity index (χ2v) is 13.9. The van der Waals surface area contributed by atoms with Crippen LogP contribution in [0.15, 0.2) is 0 Å². The fourth-order valence-corrected chi connectivity index (χ4v) is 5.22.